The number of aryl methyl sites for hydroxylation is 1. The quantitative estimate of drug-likeness (QED) is 0.878. The first-order valence-corrected chi connectivity index (χ1v) is 5.57. The molecule has 0 saturated heterocycles. The smallest absolute Gasteiger partial charge is 0.123 e. The molecule has 0 radical (unpaired) electrons. The van der Waals surface area contributed by atoms with Crippen molar-refractivity contribution in [2.45, 2.75) is 13.5 Å². The molecule has 2 rings (SSSR count). The van der Waals surface area contributed by atoms with Crippen LogP contribution in [0.15, 0.2) is 35.0 Å². The minimum atomic E-state index is 0.667. The lowest BCUT2D eigenvalue weighted by Gasteiger charge is -2.17. The molecule has 0 saturated carbocycles. The molecule has 0 spiro atoms. The van der Waals surface area contributed by atoms with Gasteiger partial charge in [0, 0.05) is 20.3 Å². The summed E-state index contributed by atoms with van der Waals surface area (Å²) < 4.78 is 5.51. The van der Waals surface area contributed by atoms with Gasteiger partial charge in [-0.3, -0.25) is 4.98 Å². The first-order chi connectivity index (χ1) is 8.16. The highest BCUT2D eigenvalue weighted by molar-refractivity contribution is 5.67. The van der Waals surface area contributed by atoms with Gasteiger partial charge in [0.25, 0.3) is 0 Å². The molecular formula is C13H17N3O. The van der Waals surface area contributed by atoms with Crippen LogP contribution in [-0.4, -0.2) is 19.1 Å². The summed E-state index contributed by atoms with van der Waals surface area (Å²) in [4.78, 5) is 6.18. The Bertz CT molecular complexity index is 491. The van der Waals surface area contributed by atoms with Crippen LogP contribution in [0.5, 0.6) is 0 Å². The fourth-order valence-corrected chi connectivity index (χ4v) is 1.68. The minimum Gasteiger partial charge on any atom is -0.465 e. The Labute approximate surface area is 101 Å². The van der Waals surface area contributed by atoms with Crippen LogP contribution in [0.4, 0.5) is 11.4 Å². The Morgan fingerprint density at radius 3 is 2.76 bits per heavy atom. The van der Waals surface area contributed by atoms with E-state index in [4.69, 9.17) is 4.42 Å². The fourth-order valence-electron chi connectivity index (χ4n) is 1.68. The van der Waals surface area contributed by atoms with Gasteiger partial charge in [-0.1, -0.05) is 0 Å². The second-order valence-electron chi connectivity index (χ2n) is 4.15. The third-order valence-electron chi connectivity index (χ3n) is 2.53. The van der Waals surface area contributed by atoms with Crippen molar-refractivity contribution in [3.63, 3.8) is 0 Å². The average molecular weight is 231 g/mol. The van der Waals surface area contributed by atoms with Gasteiger partial charge >= 0.3 is 0 Å². The molecule has 1 N–H and O–H groups in total. The Morgan fingerprint density at radius 2 is 2.12 bits per heavy atom. The van der Waals surface area contributed by atoms with E-state index in [1.54, 1.807) is 6.20 Å². The predicted octanol–water partition coefficient (Wildman–Crippen LogP) is 2.66. The summed E-state index contributed by atoms with van der Waals surface area (Å²) in [5.41, 5.74) is 2.12. The molecule has 90 valence electrons. The van der Waals surface area contributed by atoms with Gasteiger partial charge in [0.05, 0.1) is 24.1 Å². The highest BCUT2D eigenvalue weighted by Crippen LogP contribution is 2.22. The third-order valence-corrected chi connectivity index (χ3v) is 2.53. The molecule has 17 heavy (non-hydrogen) atoms. The number of pyridine rings is 1. The maximum atomic E-state index is 5.51. The van der Waals surface area contributed by atoms with E-state index >= 15 is 0 Å². The molecular weight excluding hydrogens is 214 g/mol. The van der Waals surface area contributed by atoms with Gasteiger partial charge in [-0.25, -0.2) is 0 Å². The zero-order valence-corrected chi connectivity index (χ0v) is 10.4. The number of nitrogens with one attached hydrogen (secondary N) is 1. The van der Waals surface area contributed by atoms with Crippen LogP contribution < -0.4 is 10.2 Å². The summed E-state index contributed by atoms with van der Waals surface area (Å²) >= 11 is 0. The number of nitrogens with zero attached hydrogens (tertiary/aromatic N) is 2. The fraction of sp³-hybridized carbons (Fsp3) is 0.308. The second-order valence-corrected chi connectivity index (χ2v) is 4.15. The molecule has 4 nitrogen and oxygen atoms in total. The molecule has 0 aliphatic rings. The molecule has 2 aromatic rings. The molecule has 0 aromatic carbocycles. The van der Waals surface area contributed by atoms with Crippen molar-refractivity contribution < 1.29 is 4.42 Å². The second kappa shape index (κ2) is 4.91. The lowest BCUT2D eigenvalue weighted by Crippen LogP contribution is -2.12. The van der Waals surface area contributed by atoms with Crippen molar-refractivity contribution >= 4 is 11.4 Å². The number of furan rings is 1. The molecule has 4 heteroatoms. The normalized spacial score (nSPS) is 10.3. The number of hydrogen-bond acceptors (Lipinski definition) is 4. The molecule has 0 bridgehead atoms. The van der Waals surface area contributed by atoms with E-state index < -0.39 is 0 Å². The van der Waals surface area contributed by atoms with Crippen molar-refractivity contribution in [2.24, 2.45) is 0 Å². The summed E-state index contributed by atoms with van der Waals surface area (Å²) in [5.74, 6) is 1.86. The summed E-state index contributed by atoms with van der Waals surface area (Å²) in [5, 5.41) is 3.33. The van der Waals surface area contributed by atoms with Gasteiger partial charge in [0.2, 0.25) is 0 Å². The monoisotopic (exact) mass is 231 g/mol. The van der Waals surface area contributed by atoms with Crippen molar-refractivity contribution in [1.29, 1.82) is 0 Å². The summed E-state index contributed by atoms with van der Waals surface area (Å²) in [7, 11) is 4.02. The van der Waals surface area contributed by atoms with Crippen LogP contribution in [0.2, 0.25) is 0 Å². The van der Waals surface area contributed by atoms with Gasteiger partial charge in [-0.15, -0.1) is 0 Å². The number of rotatable bonds is 4. The van der Waals surface area contributed by atoms with Crippen molar-refractivity contribution in [2.75, 3.05) is 24.3 Å². The van der Waals surface area contributed by atoms with Gasteiger partial charge < -0.3 is 14.6 Å². The molecule has 0 aliphatic carbocycles. The predicted molar refractivity (Wildman–Crippen MR) is 69.3 cm³/mol. The van der Waals surface area contributed by atoms with Gasteiger partial charge in [0.15, 0.2) is 0 Å². The number of anilines is 2. The Kier molecular flexibility index (Phi) is 3.32. The largest absolute Gasteiger partial charge is 0.465 e. The lowest BCUT2D eigenvalue weighted by atomic mass is 10.3. The van der Waals surface area contributed by atoms with Crippen LogP contribution in [0.25, 0.3) is 0 Å². The van der Waals surface area contributed by atoms with E-state index in [0.29, 0.717) is 6.54 Å². The number of aromatic nitrogens is 1. The van der Waals surface area contributed by atoms with Crippen LogP contribution in [0.3, 0.4) is 0 Å². The maximum Gasteiger partial charge on any atom is 0.123 e. The SMILES string of the molecule is Cc1ccc(CNc2cnccc2N(C)C)o1. The molecule has 2 heterocycles. The van der Waals surface area contributed by atoms with Gasteiger partial charge in [-0.2, -0.15) is 0 Å². The Hall–Kier alpha value is -1.97. The van der Waals surface area contributed by atoms with E-state index in [1.807, 2.05) is 45.4 Å². The Balaban J connectivity index is 2.08. The van der Waals surface area contributed by atoms with E-state index in [1.165, 1.54) is 0 Å². The van der Waals surface area contributed by atoms with Gasteiger partial charge in [0.1, 0.15) is 11.5 Å². The zero-order chi connectivity index (χ0) is 12.3. The maximum absolute atomic E-state index is 5.51. The van der Waals surface area contributed by atoms with E-state index in [2.05, 4.69) is 15.2 Å². The van der Waals surface area contributed by atoms with Gasteiger partial charge in [-0.05, 0) is 25.1 Å². The molecule has 0 aliphatic heterocycles. The highest BCUT2D eigenvalue weighted by atomic mass is 16.3. The van der Waals surface area contributed by atoms with Crippen LogP contribution in [0.1, 0.15) is 11.5 Å². The molecule has 0 atom stereocenters. The third kappa shape index (κ3) is 2.78. The molecule has 0 unspecified atom stereocenters. The van der Waals surface area contributed by atoms with Crippen LogP contribution in [-0.2, 0) is 6.54 Å². The first kappa shape index (κ1) is 11.5. The first-order valence-electron chi connectivity index (χ1n) is 5.57. The molecule has 2 aromatic heterocycles. The van der Waals surface area contributed by atoms with E-state index in [0.717, 1.165) is 22.9 Å². The average Bonchev–Trinajstić information content (AvgIpc) is 2.73. The van der Waals surface area contributed by atoms with E-state index in [-0.39, 0.29) is 0 Å². The summed E-state index contributed by atoms with van der Waals surface area (Å²) in [6.45, 7) is 2.61. The van der Waals surface area contributed by atoms with Crippen LogP contribution >= 0.6 is 0 Å². The topological polar surface area (TPSA) is 41.3 Å². The summed E-state index contributed by atoms with van der Waals surface area (Å²) in [6, 6.07) is 5.93. The number of hydrogen-bond donors (Lipinski definition) is 1. The molecule has 0 fully saturated rings. The lowest BCUT2D eigenvalue weighted by molar-refractivity contribution is 0.490. The zero-order valence-electron chi connectivity index (χ0n) is 10.4. The summed E-state index contributed by atoms with van der Waals surface area (Å²) in [6.07, 6.45) is 3.61. The minimum absolute atomic E-state index is 0.667. The standard InChI is InChI=1S/C13H17N3O/c1-10-4-5-11(17-10)8-15-12-9-14-7-6-13(12)16(2)3/h4-7,9,15H,8H2,1-3H3. The van der Waals surface area contributed by atoms with Crippen molar-refractivity contribution in [3.05, 3.63) is 42.1 Å². The van der Waals surface area contributed by atoms with Crippen molar-refractivity contribution in [3.8, 4) is 0 Å². The van der Waals surface area contributed by atoms with Crippen LogP contribution in [0, 0.1) is 6.92 Å². The highest BCUT2D eigenvalue weighted by Gasteiger charge is 2.04. The van der Waals surface area contributed by atoms with E-state index in [9.17, 15) is 0 Å². The van der Waals surface area contributed by atoms with Crippen molar-refractivity contribution in [1.82, 2.24) is 4.98 Å². The molecule has 0 amide bonds. The Morgan fingerprint density at radius 1 is 1.29 bits per heavy atom.